The Labute approximate surface area is 120 Å². The zero-order chi connectivity index (χ0) is 13.0. The highest BCUT2D eigenvalue weighted by Gasteiger charge is 2.15. The van der Waals surface area contributed by atoms with Gasteiger partial charge < -0.3 is 0 Å². The summed E-state index contributed by atoms with van der Waals surface area (Å²) in [6.45, 7) is 1.82. The summed E-state index contributed by atoms with van der Waals surface area (Å²) in [5, 5.41) is 0.923. The highest BCUT2D eigenvalue weighted by Crippen LogP contribution is 2.31. The van der Waals surface area contributed by atoms with Gasteiger partial charge in [-0.1, -0.05) is 23.2 Å². The van der Waals surface area contributed by atoms with Gasteiger partial charge in [0.05, 0.1) is 5.02 Å². The van der Waals surface area contributed by atoms with Crippen molar-refractivity contribution >= 4 is 52.5 Å². The van der Waals surface area contributed by atoms with Crippen molar-refractivity contribution in [3.05, 3.63) is 43.6 Å². The number of ketones is 1. The molecule has 0 radical (unpaired) electrons. The third-order valence-corrected chi connectivity index (χ3v) is 5.10. The van der Waals surface area contributed by atoms with E-state index in [1.54, 1.807) is 41.7 Å². The Morgan fingerprint density at radius 3 is 2.24 bits per heavy atom. The number of thioether (sulfide) groups is 2. The molecule has 0 heterocycles. The molecular weight excluding hydrogens is 295 g/mol. The van der Waals surface area contributed by atoms with Crippen LogP contribution in [0.5, 0.6) is 0 Å². The van der Waals surface area contributed by atoms with Crippen LogP contribution in [0.3, 0.4) is 0 Å². The van der Waals surface area contributed by atoms with E-state index in [2.05, 4.69) is 0 Å². The van der Waals surface area contributed by atoms with Gasteiger partial charge in [0.25, 0.3) is 0 Å². The zero-order valence-electron chi connectivity index (χ0n) is 9.71. The predicted molar refractivity (Wildman–Crippen MR) is 80.5 cm³/mol. The number of carbonyl (C=O) groups is 1. The van der Waals surface area contributed by atoms with E-state index in [4.69, 9.17) is 23.2 Å². The van der Waals surface area contributed by atoms with E-state index in [1.807, 2.05) is 19.4 Å². The van der Waals surface area contributed by atoms with Crippen LogP contribution in [0.1, 0.15) is 17.3 Å². The molecule has 0 aliphatic heterocycles. The third kappa shape index (κ3) is 3.68. The zero-order valence-corrected chi connectivity index (χ0v) is 12.9. The van der Waals surface area contributed by atoms with Gasteiger partial charge in [0.2, 0.25) is 0 Å². The van der Waals surface area contributed by atoms with Crippen LogP contribution in [0, 0.1) is 0 Å². The lowest BCUT2D eigenvalue weighted by Gasteiger charge is -2.08. The number of Topliss-reactive ketones (excluding diaryl/α,β-unsaturated/α-hetero) is 1. The van der Waals surface area contributed by atoms with Crippen molar-refractivity contribution in [2.45, 2.75) is 6.92 Å². The molecule has 92 valence electrons. The quantitative estimate of drug-likeness (QED) is 0.567. The van der Waals surface area contributed by atoms with Crippen molar-refractivity contribution in [3.63, 3.8) is 0 Å². The number of halogens is 2. The fourth-order valence-corrected chi connectivity index (χ4v) is 3.32. The highest BCUT2D eigenvalue weighted by molar-refractivity contribution is 8.21. The van der Waals surface area contributed by atoms with Gasteiger partial charge in [-0.15, -0.1) is 23.5 Å². The average Bonchev–Trinajstić information content (AvgIpc) is 2.29. The summed E-state index contributed by atoms with van der Waals surface area (Å²) in [7, 11) is 0. The molecule has 0 saturated carbocycles. The standard InChI is InChI=1S/C12H12Cl2OS2/c1-7(12(16-2)17-3)11(15)9-5-4-8(13)6-10(9)14/h4-6H,1-3H3. The van der Waals surface area contributed by atoms with Crippen molar-refractivity contribution in [1.82, 2.24) is 0 Å². The molecule has 0 fully saturated rings. The molecule has 0 N–H and O–H groups in total. The van der Waals surface area contributed by atoms with E-state index in [1.165, 1.54) is 0 Å². The Morgan fingerprint density at radius 1 is 1.18 bits per heavy atom. The molecule has 0 atom stereocenters. The molecule has 0 amide bonds. The average molecular weight is 307 g/mol. The lowest BCUT2D eigenvalue weighted by Crippen LogP contribution is -2.03. The number of hydrogen-bond donors (Lipinski definition) is 0. The van der Waals surface area contributed by atoms with Gasteiger partial charge in [-0.25, -0.2) is 0 Å². The van der Waals surface area contributed by atoms with E-state index in [9.17, 15) is 4.79 Å². The van der Waals surface area contributed by atoms with E-state index < -0.39 is 0 Å². The largest absolute Gasteiger partial charge is 0.289 e. The van der Waals surface area contributed by atoms with Crippen molar-refractivity contribution in [1.29, 1.82) is 0 Å². The van der Waals surface area contributed by atoms with E-state index in [0.717, 1.165) is 4.24 Å². The van der Waals surface area contributed by atoms with Gasteiger partial charge >= 0.3 is 0 Å². The van der Waals surface area contributed by atoms with Crippen LogP contribution < -0.4 is 0 Å². The minimum absolute atomic E-state index is 0.0506. The number of rotatable bonds is 4. The minimum Gasteiger partial charge on any atom is -0.289 e. The van der Waals surface area contributed by atoms with Crippen LogP contribution >= 0.6 is 46.7 Å². The van der Waals surface area contributed by atoms with Crippen molar-refractivity contribution in [2.75, 3.05) is 12.5 Å². The second kappa shape index (κ2) is 6.74. The van der Waals surface area contributed by atoms with Crippen LogP contribution in [-0.2, 0) is 0 Å². The van der Waals surface area contributed by atoms with Crippen molar-refractivity contribution < 1.29 is 4.79 Å². The third-order valence-electron chi connectivity index (χ3n) is 2.19. The number of carbonyl (C=O) groups excluding carboxylic acids is 1. The Morgan fingerprint density at radius 2 is 1.76 bits per heavy atom. The van der Waals surface area contributed by atoms with Gasteiger partial charge in [0.15, 0.2) is 5.78 Å². The summed E-state index contributed by atoms with van der Waals surface area (Å²) >= 11 is 14.9. The second-order valence-corrected chi connectivity index (χ2v) is 6.01. The maximum atomic E-state index is 12.2. The summed E-state index contributed by atoms with van der Waals surface area (Å²) in [5.74, 6) is -0.0506. The maximum absolute atomic E-state index is 12.2. The van der Waals surface area contributed by atoms with Crippen molar-refractivity contribution in [2.24, 2.45) is 0 Å². The van der Waals surface area contributed by atoms with Gasteiger partial charge in [-0.2, -0.15) is 0 Å². The van der Waals surface area contributed by atoms with Gasteiger partial charge in [-0.05, 0) is 37.6 Å². The summed E-state index contributed by atoms with van der Waals surface area (Å²) in [6.07, 6.45) is 3.90. The summed E-state index contributed by atoms with van der Waals surface area (Å²) < 4.78 is 1.00. The van der Waals surface area contributed by atoms with Crippen LogP contribution in [0.25, 0.3) is 0 Å². The summed E-state index contributed by atoms with van der Waals surface area (Å²) in [6, 6.07) is 4.92. The predicted octanol–water partition coefficient (Wildman–Crippen LogP) is 5.13. The van der Waals surface area contributed by atoms with E-state index in [0.29, 0.717) is 21.2 Å². The second-order valence-electron chi connectivity index (χ2n) is 3.27. The van der Waals surface area contributed by atoms with E-state index in [-0.39, 0.29) is 5.78 Å². The Kier molecular flexibility index (Phi) is 5.93. The number of hydrogen-bond acceptors (Lipinski definition) is 3. The number of benzene rings is 1. The fourth-order valence-electron chi connectivity index (χ4n) is 1.36. The normalized spacial score (nSPS) is 10.2. The molecule has 5 heteroatoms. The molecule has 0 saturated heterocycles. The molecular formula is C12H12Cl2OS2. The minimum atomic E-state index is -0.0506. The van der Waals surface area contributed by atoms with Crippen LogP contribution in [0.2, 0.25) is 10.0 Å². The van der Waals surface area contributed by atoms with Crippen LogP contribution in [0.4, 0.5) is 0 Å². The molecule has 1 rings (SSSR count). The molecule has 1 aromatic rings. The highest BCUT2D eigenvalue weighted by atomic mass is 35.5. The molecule has 17 heavy (non-hydrogen) atoms. The smallest absolute Gasteiger partial charge is 0.191 e. The van der Waals surface area contributed by atoms with Crippen molar-refractivity contribution in [3.8, 4) is 0 Å². The van der Waals surface area contributed by atoms with Crippen LogP contribution in [0.15, 0.2) is 28.0 Å². The monoisotopic (exact) mass is 306 g/mol. The lowest BCUT2D eigenvalue weighted by atomic mass is 10.1. The first kappa shape index (κ1) is 15.0. The number of allylic oxidation sites excluding steroid dienone is 1. The Bertz CT molecular complexity index is 464. The molecule has 0 spiro atoms. The molecule has 0 aliphatic carbocycles. The first-order chi connectivity index (χ1) is 8.01. The Hall–Kier alpha value is -0.0900. The maximum Gasteiger partial charge on any atom is 0.191 e. The molecule has 0 aliphatic rings. The topological polar surface area (TPSA) is 17.1 Å². The summed E-state index contributed by atoms with van der Waals surface area (Å²) in [5.41, 5.74) is 1.21. The van der Waals surface area contributed by atoms with Gasteiger partial charge in [0.1, 0.15) is 0 Å². The first-order valence-corrected chi connectivity index (χ1v) is 8.00. The lowest BCUT2D eigenvalue weighted by molar-refractivity contribution is 0.103. The van der Waals surface area contributed by atoms with Gasteiger partial charge in [-0.3, -0.25) is 4.79 Å². The summed E-state index contributed by atoms with van der Waals surface area (Å²) in [4.78, 5) is 12.2. The first-order valence-electron chi connectivity index (χ1n) is 4.79. The fraction of sp³-hybridized carbons (Fsp3) is 0.250. The molecule has 1 aromatic carbocycles. The SMILES string of the molecule is CSC(SC)=C(C)C(=O)c1ccc(Cl)cc1Cl. The molecule has 0 aromatic heterocycles. The molecule has 0 bridgehead atoms. The molecule has 0 unspecified atom stereocenters. The Balaban J connectivity index is 3.17. The van der Waals surface area contributed by atoms with Crippen LogP contribution in [-0.4, -0.2) is 18.3 Å². The molecule has 1 nitrogen and oxygen atoms in total. The van der Waals surface area contributed by atoms with E-state index >= 15 is 0 Å². The van der Waals surface area contributed by atoms with Gasteiger partial charge in [0, 0.05) is 20.4 Å².